The van der Waals surface area contributed by atoms with E-state index in [2.05, 4.69) is 27.1 Å². The molecule has 1 saturated heterocycles. The molecule has 0 unspecified atom stereocenters. The number of carbonyl (C=O) groups is 1. The van der Waals surface area contributed by atoms with E-state index in [0.717, 1.165) is 54.8 Å². The van der Waals surface area contributed by atoms with Crippen molar-refractivity contribution in [1.29, 1.82) is 0 Å². The summed E-state index contributed by atoms with van der Waals surface area (Å²) < 4.78 is 13.5. The molecule has 33 heavy (non-hydrogen) atoms. The Balaban J connectivity index is 1.71. The first-order chi connectivity index (χ1) is 15.9. The van der Waals surface area contributed by atoms with Crippen molar-refractivity contribution in [3.05, 3.63) is 71.1 Å². The van der Waals surface area contributed by atoms with Gasteiger partial charge in [0.05, 0.1) is 5.02 Å². The third kappa shape index (κ3) is 5.66. The van der Waals surface area contributed by atoms with E-state index in [-0.39, 0.29) is 5.02 Å². The zero-order valence-corrected chi connectivity index (χ0v) is 18.8. The maximum atomic E-state index is 13.5. The van der Waals surface area contributed by atoms with E-state index in [1.807, 2.05) is 24.3 Å². The number of carboxylic acids is 1. The molecule has 3 aromatic rings. The molecule has 9 heteroatoms. The number of halogens is 2. The van der Waals surface area contributed by atoms with Crippen LogP contribution in [-0.2, 0) is 4.79 Å². The van der Waals surface area contributed by atoms with Crippen LogP contribution in [0.4, 0.5) is 21.8 Å². The molecule has 1 aliphatic heterocycles. The summed E-state index contributed by atoms with van der Waals surface area (Å²) in [7, 11) is 2.09. The van der Waals surface area contributed by atoms with Crippen molar-refractivity contribution in [1.82, 2.24) is 14.9 Å². The first-order valence-electron chi connectivity index (χ1n) is 10.4. The number of hydrogen-bond acceptors (Lipinski definition) is 6. The van der Waals surface area contributed by atoms with Crippen molar-refractivity contribution < 1.29 is 14.3 Å². The molecule has 170 valence electrons. The molecule has 0 saturated carbocycles. The van der Waals surface area contributed by atoms with Crippen molar-refractivity contribution in [2.75, 3.05) is 43.4 Å². The van der Waals surface area contributed by atoms with Gasteiger partial charge in [-0.3, -0.25) is 0 Å². The lowest BCUT2D eigenvalue weighted by molar-refractivity contribution is -0.131. The fraction of sp³-hybridized carbons (Fsp3) is 0.208. The molecule has 7 nitrogen and oxygen atoms in total. The summed E-state index contributed by atoms with van der Waals surface area (Å²) >= 11 is 5.90. The molecular weight excluding hydrogens is 445 g/mol. The van der Waals surface area contributed by atoms with E-state index in [4.69, 9.17) is 21.7 Å². The second kappa shape index (κ2) is 9.97. The highest BCUT2D eigenvalue weighted by atomic mass is 35.5. The topological polar surface area (TPSA) is 81.6 Å². The Bertz CT molecular complexity index is 1200. The van der Waals surface area contributed by atoms with Crippen LogP contribution in [0.15, 0.2) is 54.7 Å². The number of nitrogens with zero attached hydrogens (tertiary/aromatic N) is 4. The van der Waals surface area contributed by atoms with E-state index in [1.165, 1.54) is 12.1 Å². The maximum absolute atomic E-state index is 13.5. The first-order valence-corrected chi connectivity index (χ1v) is 10.8. The second-order valence-electron chi connectivity index (χ2n) is 7.77. The Labute approximate surface area is 196 Å². The molecule has 1 aliphatic rings. The number of piperazine rings is 1. The van der Waals surface area contributed by atoms with E-state index in [1.54, 1.807) is 18.3 Å². The molecule has 1 aromatic heterocycles. The van der Waals surface area contributed by atoms with Crippen molar-refractivity contribution in [3.8, 4) is 11.1 Å². The molecular formula is C24H23ClFN5O2. The lowest BCUT2D eigenvalue weighted by atomic mass is 10.0. The van der Waals surface area contributed by atoms with Crippen LogP contribution in [0.2, 0.25) is 5.02 Å². The van der Waals surface area contributed by atoms with Gasteiger partial charge in [-0.1, -0.05) is 29.8 Å². The van der Waals surface area contributed by atoms with Gasteiger partial charge in [0.25, 0.3) is 0 Å². The second-order valence-corrected chi connectivity index (χ2v) is 8.18. The number of anilines is 3. The van der Waals surface area contributed by atoms with Gasteiger partial charge < -0.3 is 20.2 Å². The fourth-order valence-electron chi connectivity index (χ4n) is 3.58. The van der Waals surface area contributed by atoms with E-state index in [9.17, 15) is 9.18 Å². The number of likely N-dealkylation sites (N-methyl/N-ethyl adjacent to an activating group) is 1. The van der Waals surface area contributed by atoms with Gasteiger partial charge in [-0.05, 0) is 48.5 Å². The third-order valence-electron chi connectivity index (χ3n) is 5.36. The molecule has 0 atom stereocenters. The molecule has 1 fully saturated rings. The molecule has 0 aliphatic carbocycles. The minimum atomic E-state index is -1.00. The Kier molecular flexibility index (Phi) is 6.86. The molecule has 0 spiro atoms. The summed E-state index contributed by atoms with van der Waals surface area (Å²) in [6, 6.07) is 11.9. The van der Waals surface area contributed by atoms with Gasteiger partial charge >= 0.3 is 5.97 Å². The van der Waals surface area contributed by atoms with Gasteiger partial charge in [0, 0.05) is 49.7 Å². The van der Waals surface area contributed by atoms with Gasteiger partial charge in [0.15, 0.2) is 0 Å². The van der Waals surface area contributed by atoms with E-state index >= 15 is 0 Å². The number of nitrogens with one attached hydrogen (secondary N) is 1. The molecule has 0 radical (unpaired) electrons. The predicted octanol–water partition coefficient (Wildman–Crippen LogP) is 4.53. The maximum Gasteiger partial charge on any atom is 0.328 e. The van der Waals surface area contributed by atoms with Crippen LogP contribution >= 0.6 is 11.6 Å². The fourth-order valence-corrected chi connectivity index (χ4v) is 3.76. The summed E-state index contributed by atoms with van der Waals surface area (Å²) in [4.78, 5) is 24.6. The molecule has 4 rings (SSSR count). The molecule has 0 bridgehead atoms. The number of aliphatic carboxylic acids is 1. The predicted molar refractivity (Wildman–Crippen MR) is 129 cm³/mol. The highest BCUT2D eigenvalue weighted by Gasteiger charge is 2.20. The summed E-state index contributed by atoms with van der Waals surface area (Å²) in [5.41, 5.74) is 3.07. The number of aromatic nitrogens is 2. The molecule has 2 heterocycles. The largest absolute Gasteiger partial charge is 0.478 e. The van der Waals surface area contributed by atoms with Crippen LogP contribution in [0.5, 0.6) is 0 Å². The molecule has 0 amide bonds. The normalized spacial score (nSPS) is 14.6. The number of hydrogen-bond donors (Lipinski definition) is 2. The average Bonchev–Trinajstić information content (AvgIpc) is 2.81. The number of benzene rings is 2. The van der Waals surface area contributed by atoms with Gasteiger partial charge in [0.2, 0.25) is 5.95 Å². The zero-order chi connectivity index (χ0) is 23.4. The minimum absolute atomic E-state index is 0.0159. The van der Waals surface area contributed by atoms with Crippen molar-refractivity contribution in [3.63, 3.8) is 0 Å². The van der Waals surface area contributed by atoms with E-state index in [0.29, 0.717) is 11.6 Å². The summed E-state index contributed by atoms with van der Waals surface area (Å²) in [6.45, 7) is 3.42. The van der Waals surface area contributed by atoms with Crippen LogP contribution in [0, 0.1) is 5.82 Å². The van der Waals surface area contributed by atoms with Gasteiger partial charge in [-0.15, -0.1) is 0 Å². The van der Waals surface area contributed by atoms with Crippen LogP contribution in [-0.4, -0.2) is 59.2 Å². The van der Waals surface area contributed by atoms with Crippen LogP contribution in [0.25, 0.3) is 17.2 Å². The van der Waals surface area contributed by atoms with Crippen molar-refractivity contribution >= 4 is 41.1 Å². The Morgan fingerprint density at radius 1 is 1.18 bits per heavy atom. The van der Waals surface area contributed by atoms with Crippen LogP contribution < -0.4 is 10.2 Å². The quantitative estimate of drug-likeness (QED) is 0.515. The smallest absolute Gasteiger partial charge is 0.328 e. The van der Waals surface area contributed by atoms with E-state index < -0.39 is 11.8 Å². The average molecular weight is 468 g/mol. The Morgan fingerprint density at radius 3 is 2.70 bits per heavy atom. The standard InChI is InChI=1S/C24H23ClFN5O2/c1-30-9-11-31(12-10-30)23-19(17-4-2-3-16(13-17)5-8-22(32)33)15-27-24(29-23)28-18-6-7-21(26)20(25)14-18/h2-8,13-15H,9-12H2,1H3,(H,32,33)(H,27,28,29). The Morgan fingerprint density at radius 2 is 1.97 bits per heavy atom. The summed E-state index contributed by atoms with van der Waals surface area (Å²) in [6.07, 6.45) is 4.41. The van der Waals surface area contributed by atoms with Crippen molar-refractivity contribution in [2.45, 2.75) is 0 Å². The number of rotatable bonds is 6. The number of carboxylic acid groups (broad SMARTS) is 1. The third-order valence-corrected chi connectivity index (χ3v) is 5.65. The van der Waals surface area contributed by atoms with Gasteiger partial charge in [0.1, 0.15) is 11.6 Å². The highest BCUT2D eigenvalue weighted by molar-refractivity contribution is 6.31. The van der Waals surface area contributed by atoms with Crippen LogP contribution in [0.1, 0.15) is 5.56 Å². The zero-order valence-electron chi connectivity index (χ0n) is 18.0. The first kappa shape index (κ1) is 22.7. The van der Waals surface area contributed by atoms with Crippen molar-refractivity contribution in [2.24, 2.45) is 0 Å². The van der Waals surface area contributed by atoms with Gasteiger partial charge in [-0.25, -0.2) is 14.2 Å². The summed E-state index contributed by atoms with van der Waals surface area (Å²) in [5.74, 6) is -0.350. The minimum Gasteiger partial charge on any atom is -0.478 e. The lowest BCUT2D eigenvalue weighted by Crippen LogP contribution is -2.45. The van der Waals surface area contributed by atoms with Gasteiger partial charge in [-0.2, -0.15) is 4.98 Å². The monoisotopic (exact) mass is 467 g/mol. The summed E-state index contributed by atoms with van der Waals surface area (Å²) in [5, 5.41) is 12.0. The molecule has 2 N–H and O–H groups in total. The highest BCUT2D eigenvalue weighted by Crippen LogP contribution is 2.32. The SMILES string of the molecule is CN1CCN(c2nc(Nc3ccc(F)c(Cl)c3)ncc2-c2cccc(C=CC(=O)O)c2)CC1. The Hall–Kier alpha value is -3.49. The van der Waals surface area contributed by atoms with Crippen LogP contribution in [0.3, 0.4) is 0 Å². The molecule has 2 aromatic carbocycles. The lowest BCUT2D eigenvalue weighted by Gasteiger charge is -2.34.